The van der Waals surface area contributed by atoms with Crippen LogP contribution in [0.2, 0.25) is 0 Å². The van der Waals surface area contributed by atoms with E-state index in [0.717, 1.165) is 31.2 Å². The molecule has 2 aromatic carbocycles. The third kappa shape index (κ3) is 8.79. The number of carbonyl (C=O) groups excluding carboxylic acids is 3. The van der Waals surface area contributed by atoms with Crippen LogP contribution in [-0.2, 0) is 27.3 Å². The minimum Gasteiger partial charge on any atom is -0.465 e. The van der Waals surface area contributed by atoms with Crippen molar-refractivity contribution in [1.82, 2.24) is 15.6 Å². The van der Waals surface area contributed by atoms with Crippen LogP contribution >= 0.6 is 0 Å². The molecule has 2 amide bonds. The lowest BCUT2D eigenvalue weighted by atomic mass is 10.1. The summed E-state index contributed by atoms with van der Waals surface area (Å²) in [5, 5.41) is 5.52. The number of aromatic nitrogens is 1. The standard InChI is InChI=1S/C28H33N3O6/c1-3-4-5-9-16-29-26(32)23(31-28(34)36-19-20-10-7-6-8-11-20)17-25-30-18-24(37-25)21-12-14-22(15-13-21)27(33)35-2/h6-8,10-15,18,23H,3-5,9,16-17,19H2,1-2H3,(H,29,32)(H,31,34)/t23-/m0/s1. The van der Waals surface area contributed by atoms with Crippen LogP contribution in [0, 0.1) is 0 Å². The highest BCUT2D eigenvalue weighted by Crippen LogP contribution is 2.22. The van der Waals surface area contributed by atoms with Gasteiger partial charge in [-0.2, -0.15) is 0 Å². The number of hydrogen-bond acceptors (Lipinski definition) is 7. The van der Waals surface area contributed by atoms with Crippen molar-refractivity contribution < 1.29 is 28.3 Å². The molecule has 1 heterocycles. The van der Waals surface area contributed by atoms with E-state index in [1.807, 2.05) is 30.3 Å². The number of oxazole rings is 1. The van der Waals surface area contributed by atoms with Gasteiger partial charge in [0, 0.05) is 12.1 Å². The molecule has 37 heavy (non-hydrogen) atoms. The van der Waals surface area contributed by atoms with Crippen LogP contribution in [0.15, 0.2) is 65.2 Å². The number of hydrogen-bond donors (Lipinski definition) is 2. The first kappa shape index (κ1) is 27.4. The summed E-state index contributed by atoms with van der Waals surface area (Å²) in [6.45, 7) is 2.72. The zero-order valence-corrected chi connectivity index (χ0v) is 21.2. The Morgan fingerprint density at radius 2 is 1.76 bits per heavy atom. The molecule has 0 bridgehead atoms. The number of unbranched alkanes of at least 4 members (excludes halogenated alkanes) is 3. The smallest absolute Gasteiger partial charge is 0.408 e. The Labute approximate surface area is 216 Å². The van der Waals surface area contributed by atoms with Crippen molar-refractivity contribution in [3.05, 3.63) is 77.8 Å². The average Bonchev–Trinajstić information content (AvgIpc) is 3.40. The fraction of sp³-hybridized carbons (Fsp3) is 0.357. The van der Waals surface area contributed by atoms with Crippen LogP contribution in [0.25, 0.3) is 11.3 Å². The first-order valence-electron chi connectivity index (χ1n) is 12.4. The second-order valence-electron chi connectivity index (χ2n) is 8.50. The molecule has 196 valence electrons. The van der Waals surface area contributed by atoms with Gasteiger partial charge in [-0.25, -0.2) is 14.6 Å². The van der Waals surface area contributed by atoms with Crippen LogP contribution in [-0.4, -0.2) is 42.7 Å². The Balaban J connectivity index is 1.64. The van der Waals surface area contributed by atoms with E-state index < -0.39 is 18.1 Å². The normalized spacial score (nSPS) is 11.4. The Morgan fingerprint density at radius 3 is 2.46 bits per heavy atom. The summed E-state index contributed by atoms with van der Waals surface area (Å²) in [6, 6.07) is 15.0. The van der Waals surface area contributed by atoms with Crippen molar-refractivity contribution in [2.24, 2.45) is 0 Å². The molecule has 3 rings (SSSR count). The lowest BCUT2D eigenvalue weighted by Gasteiger charge is -2.17. The first-order chi connectivity index (χ1) is 18.0. The molecule has 3 aromatic rings. The maximum Gasteiger partial charge on any atom is 0.408 e. The van der Waals surface area contributed by atoms with Crippen molar-refractivity contribution in [3.8, 4) is 11.3 Å². The summed E-state index contributed by atoms with van der Waals surface area (Å²) in [6.07, 6.45) is 4.95. The fourth-order valence-corrected chi connectivity index (χ4v) is 3.60. The van der Waals surface area contributed by atoms with E-state index in [0.29, 0.717) is 23.4 Å². The Kier molecular flexibility index (Phi) is 10.7. The summed E-state index contributed by atoms with van der Waals surface area (Å²) < 4.78 is 15.9. The maximum atomic E-state index is 12.9. The second-order valence-corrected chi connectivity index (χ2v) is 8.50. The SMILES string of the molecule is CCCCCCNC(=O)[C@H](Cc1ncc(-c2ccc(C(=O)OC)cc2)o1)NC(=O)OCc1ccccc1. The van der Waals surface area contributed by atoms with Gasteiger partial charge in [0.05, 0.1) is 25.3 Å². The third-order valence-electron chi connectivity index (χ3n) is 5.67. The number of amides is 2. The molecule has 0 saturated carbocycles. The lowest BCUT2D eigenvalue weighted by Crippen LogP contribution is -2.48. The van der Waals surface area contributed by atoms with E-state index in [2.05, 4.69) is 22.5 Å². The van der Waals surface area contributed by atoms with E-state index in [-0.39, 0.29) is 24.8 Å². The van der Waals surface area contributed by atoms with Crippen LogP contribution in [0.4, 0.5) is 4.79 Å². The van der Waals surface area contributed by atoms with Gasteiger partial charge in [-0.3, -0.25) is 4.79 Å². The molecule has 0 aliphatic heterocycles. The first-order valence-corrected chi connectivity index (χ1v) is 12.4. The van der Waals surface area contributed by atoms with Crippen LogP contribution in [0.1, 0.15) is 54.4 Å². The molecule has 1 atom stereocenters. The average molecular weight is 508 g/mol. The van der Waals surface area contributed by atoms with Gasteiger partial charge in [-0.05, 0) is 24.1 Å². The van der Waals surface area contributed by atoms with E-state index in [9.17, 15) is 14.4 Å². The number of ether oxygens (including phenoxy) is 2. The molecule has 0 saturated heterocycles. The number of nitrogens with one attached hydrogen (secondary N) is 2. The highest BCUT2D eigenvalue weighted by atomic mass is 16.5. The van der Waals surface area contributed by atoms with Gasteiger partial charge in [0.2, 0.25) is 5.91 Å². The number of methoxy groups -OCH3 is 1. The molecule has 0 unspecified atom stereocenters. The van der Waals surface area contributed by atoms with Crippen molar-refractivity contribution in [2.75, 3.05) is 13.7 Å². The predicted octanol–water partition coefficient (Wildman–Crippen LogP) is 4.66. The number of rotatable bonds is 13. The highest BCUT2D eigenvalue weighted by molar-refractivity contribution is 5.89. The Hall–Kier alpha value is -4.14. The van der Waals surface area contributed by atoms with Crippen LogP contribution in [0.5, 0.6) is 0 Å². The number of esters is 1. The third-order valence-corrected chi connectivity index (χ3v) is 5.67. The van der Waals surface area contributed by atoms with Crippen molar-refractivity contribution in [3.63, 3.8) is 0 Å². The van der Waals surface area contributed by atoms with Gasteiger partial charge in [-0.1, -0.05) is 68.7 Å². The molecule has 0 spiro atoms. The zero-order valence-electron chi connectivity index (χ0n) is 21.2. The molecule has 2 N–H and O–H groups in total. The number of benzene rings is 2. The number of nitrogens with zero attached hydrogens (tertiary/aromatic N) is 1. The van der Waals surface area contributed by atoms with Gasteiger partial charge < -0.3 is 24.5 Å². The molecule has 9 nitrogen and oxygen atoms in total. The van der Waals surface area contributed by atoms with Crippen LogP contribution in [0.3, 0.4) is 0 Å². The summed E-state index contributed by atoms with van der Waals surface area (Å²) in [5.74, 6) is -0.0211. The Bertz CT molecular complexity index is 1140. The lowest BCUT2D eigenvalue weighted by molar-refractivity contribution is -0.123. The van der Waals surface area contributed by atoms with E-state index in [4.69, 9.17) is 13.9 Å². The highest BCUT2D eigenvalue weighted by Gasteiger charge is 2.24. The maximum absolute atomic E-state index is 12.9. The Morgan fingerprint density at radius 1 is 1.00 bits per heavy atom. The van der Waals surface area contributed by atoms with Gasteiger partial charge in [0.15, 0.2) is 11.7 Å². The fourth-order valence-electron chi connectivity index (χ4n) is 3.60. The summed E-state index contributed by atoms with van der Waals surface area (Å²) >= 11 is 0. The quantitative estimate of drug-likeness (QED) is 0.255. The van der Waals surface area contributed by atoms with E-state index >= 15 is 0 Å². The summed E-state index contributed by atoms with van der Waals surface area (Å²) in [7, 11) is 1.32. The predicted molar refractivity (Wildman–Crippen MR) is 138 cm³/mol. The molecular formula is C28H33N3O6. The van der Waals surface area contributed by atoms with Crippen molar-refractivity contribution in [1.29, 1.82) is 0 Å². The molecule has 0 radical (unpaired) electrons. The monoisotopic (exact) mass is 507 g/mol. The zero-order chi connectivity index (χ0) is 26.5. The van der Waals surface area contributed by atoms with Gasteiger partial charge in [-0.15, -0.1) is 0 Å². The molecule has 0 aliphatic rings. The van der Waals surface area contributed by atoms with E-state index in [1.54, 1.807) is 24.3 Å². The van der Waals surface area contributed by atoms with Gasteiger partial charge in [0.1, 0.15) is 12.6 Å². The minimum atomic E-state index is -0.928. The molecule has 0 aliphatic carbocycles. The largest absolute Gasteiger partial charge is 0.465 e. The van der Waals surface area contributed by atoms with Crippen LogP contribution < -0.4 is 10.6 Å². The van der Waals surface area contributed by atoms with E-state index in [1.165, 1.54) is 13.3 Å². The molecule has 0 fully saturated rings. The van der Waals surface area contributed by atoms with Gasteiger partial charge >= 0.3 is 12.1 Å². The number of carbonyl (C=O) groups is 3. The summed E-state index contributed by atoms with van der Waals surface area (Å²) in [5.41, 5.74) is 1.96. The topological polar surface area (TPSA) is 120 Å². The number of alkyl carbamates (subject to hydrolysis) is 1. The van der Waals surface area contributed by atoms with Crippen molar-refractivity contribution >= 4 is 18.0 Å². The minimum absolute atomic E-state index is 0.0431. The molecule has 1 aromatic heterocycles. The van der Waals surface area contributed by atoms with Crippen molar-refractivity contribution in [2.45, 2.75) is 51.7 Å². The molecular weight excluding hydrogens is 474 g/mol. The van der Waals surface area contributed by atoms with Gasteiger partial charge in [0.25, 0.3) is 0 Å². The summed E-state index contributed by atoms with van der Waals surface area (Å²) in [4.78, 5) is 41.3. The second kappa shape index (κ2) is 14.4. The molecule has 9 heteroatoms.